The van der Waals surface area contributed by atoms with Crippen molar-refractivity contribution in [1.29, 1.82) is 0 Å². The first-order valence-electron chi connectivity index (χ1n) is 4.77. The van der Waals surface area contributed by atoms with E-state index in [1.807, 2.05) is 13.8 Å². The van der Waals surface area contributed by atoms with E-state index in [1.165, 1.54) is 6.07 Å². The number of carboxylic acid groups (broad SMARTS) is 1. The van der Waals surface area contributed by atoms with Crippen LogP contribution in [0.4, 0.5) is 5.69 Å². The molecule has 0 aliphatic rings. The summed E-state index contributed by atoms with van der Waals surface area (Å²) in [6.07, 6.45) is 0. The molecule has 0 unspecified atom stereocenters. The van der Waals surface area contributed by atoms with Gasteiger partial charge in [-0.25, -0.2) is 4.79 Å². The zero-order valence-corrected chi connectivity index (χ0v) is 8.86. The number of benzene rings is 1. The topological polar surface area (TPSA) is 72.5 Å². The van der Waals surface area contributed by atoms with Gasteiger partial charge in [-0.2, -0.15) is 0 Å². The summed E-state index contributed by atoms with van der Waals surface area (Å²) >= 11 is 0. The van der Waals surface area contributed by atoms with Gasteiger partial charge in [0.2, 0.25) is 0 Å². The van der Waals surface area contributed by atoms with Crippen molar-refractivity contribution in [3.63, 3.8) is 0 Å². The Bertz CT molecular complexity index is 361. The summed E-state index contributed by atoms with van der Waals surface area (Å²) in [5.41, 5.74) is 6.12. The summed E-state index contributed by atoms with van der Waals surface area (Å²) in [6, 6.07) is 4.71. The number of rotatable bonds is 4. The Balaban J connectivity index is 2.97. The van der Waals surface area contributed by atoms with Crippen LogP contribution in [0.1, 0.15) is 24.2 Å². The van der Waals surface area contributed by atoms with Crippen LogP contribution in [0.25, 0.3) is 0 Å². The monoisotopic (exact) mass is 209 g/mol. The molecule has 4 heteroatoms. The van der Waals surface area contributed by atoms with Crippen LogP contribution in [0, 0.1) is 5.92 Å². The number of nitrogens with two attached hydrogens (primary N) is 1. The normalized spacial score (nSPS) is 10.3. The third kappa shape index (κ3) is 2.87. The lowest BCUT2D eigenvalue weighted by Gasteiger charge is -2.12. The number of carboxylic acids is 1. The lowest BCUT2D eigenvalue weighted by Crippen LogP contribution is -2.10. The summed E-state index contributed by atoms with van der Waals surface area (Å²) in [6.45, 7) is 4.42. The van der Waals surface area contributed by atoms with Crippen LogP contribution < -0.4 is 10.5 Å². The smallest absolute Gasteiger partial charge is 0.339 e. The van der Waals surface area contributed by atoms with Gasteiger partial charge in [0.25, 0.3) is 0 Å². The number of nitrogen functional groups attached to an aromatic ring is 1. The van der Waals surface area contributed by atoms with Crippen LogP contribution >= 0.6 is 0 Å². The molecule has 0 aliphatic carbocycles. The molecule has 4 nitrogen and oxygen atoms in total. The molecule has 0 heterocycles. The standard InChI is InChI=1S/C11H15NO3/c1-7(2)6-15-10-8(11(13)14)4-3-5-9(10)12/h3-5,7H,6,12H2,1-2H3,(H,13,14). The number of aromatic carboxylic acids is 1. The Morgan fingerprint density at radius 1 is 1.53 bits per heavy atom. The van der Waals surface area contributed by atoms with Crippen molar-refractivity contribution < 1.29 is 14.6 Å². The molecule has 1 aromatic rings. The molecule has 0 aliphatic heterocycles. The predicted molar refractivity (Wildman–Crippen MR) is 58.1 cm³/mol. The number of carbonyl (C=O) groups is 1. The van der Waals surface area contributed by atoms with Crippen LogP contribution in [-0.2, 0) is 0 Å². The van der Waals surface area contributed by atoms with E-state index in [9.17, 15) is 4.79 Å². The minimum atomic E-state index is -1.03. The van der Waals surface area contributed by atoms with E-state index in [0.717, 1.165) is 0 Å². The van der Waals surface area contributed by atoms with Gasteiger partial charge in [0.15, 0.2) is 5.75 Å². The molecular formula is C11H15NO3. The Kier molecular flexibility index (Phi) is 3.55. The second kappa shape index (κ2) is 4.68. The van der Waals surface area contributed by atoms with Gasteiger partial charge in [0.05, 0.1) is 12.3 Å². The second-order valence-electron chi connectivity index (χ2n) is 3.73. The minimum Gasteiger partial charge on any atom is -0.490 e. The maximum Gasteiger partial charge on any atom is 0.339 e. The maximum absolute atomic E-state index is 10.9. The van der Waals surface area contributed by atoms with Crippen LogP contribution in [0.3, 0.4) is 0 Å². The Morgan fingerprint density at radius 3 is 2.73 bits per heavy atom. The second-order valence-corrected chi connectivity index (χ2v) is 3.73. The largest absolute Gasteiger partial charge is 0.490 e. The third-order valence-electron chi connectivity index (χ3n) is 1.84. The number of para-hydroxylation sites is 1. The molecule has 0 radical (unpaired) electrons. The first-order valence-corrected chi connectivity index (χ1v) is 4.77. The number of anilines is 1. The fourth-order valence-electron chi connectivity index (χ4n) is 1.13. The fourth-order valence-corrected chi connectivity index (χ4v) is 1.13. The van der Waals surface area contributed by atoms with Crippen molar-refractivity contribution in [2.45, 2.75) is 13.8 Å². The van der Waals surface area contributed by atoms with E-state index in [2.05, 4.69) is 0 Å². The van der Waals surface area contributed by atoms with Gasteiger partial charge in [0, 0.05) is 0 Å². The number of hydrogen-bond donors (Lipinski definition) is 2. The highest BCUT2D eigenvalue weighted by Crippen LogP contribution is 2.26. The zero-order chi connectivity index (χ0) is 11.4. The van der Waals surface area contributed by atoms with Crippen molar-refractivity contribution in [2.24, 2.45) is 5.92 Å². The van der Waals surface area contributed by atoms with Gasteiger partial charge in [-0.15, -0.1) is 0 Å². The molecule has 0 aromatic heterocycles. The summed E-state index contributed by atoms with van der Waals surface area (Å²) in [4.78, 5) is 10.9. The Morgan fingerprint density at radius 2 is 2.20 bits per heavy atom. The Hall–Kier alpha value is -1.71. The summed E-state index contributed by atoms with van der Waals surface area (Å²) in [7, 11) is 0. The molecule has 15 heavy (non-hydrogen) atoms. The quantitative estimate of drug-likeness (QED) is 0.744. The number of ether oxygens (including phenoxy) is 1. The van der Waals surface area contributed by atoms with Crippen molar-refractivity contribution in [1.82, 2.24) is 0 Å². The van der Waals surface area contributed by atoms with Crippen molar-refractivity contribution in [3.8, 4) is 5.75 Å². The van der Waals surface area contributed by atoms with Gasteiger partial charge in [-0.05, 0) is 18.1 Å². The molecule has 0 saturated heterocycles. The van der Waals surface area contributed by atoms with Crippen LogP contribution in [0.2, 0.25) is 0 Å². The number of hydrogen-bond acceptors (Lipinski definition) is 3. The molecule has 3 N–H and O–H groups in total. The molecule has 0 fully saturated rings. The molecular weight excluding hydrogens is 194 g/mol. The van der Waals surface area contributed by atoms with Crippen LogP contribution in [-0.4, -0.2) is 17.7 Å². The van der Waals surface area contributed by atoms with Crippen LogP contribution in [0.5, 0.6) is 5.75 Å². The average molecular weight is 209 g/mol. The molecule has 1 rings (SSSR count). The lowest BCUT2D eigenvalue weighted by atomic mass is 10.1. The molecule has 0 spiro atoms. The summed E-state index contributed by atoms with van der Waals surface area (Å²) in [5.74, 6) is -0.439. The first kappa shape index (κ1) is 11.4. The van der Waals surface area contributed by atoms with Gasteiger partial charge in [-0.3, -0.25) is 0 Å². The summed E-state index contributed by atoms with van der Waals surface area (Å²) < 4.78 is 5.38. The minimum absolute atomic E-state index is 0.107. The fraction of sp³-hybridized carbons (Fsp3) is 0.364. The van der Waals surface area contributed by atoms with Crippen molar-refractivity contribution in [2.75, 3.05) is 12.3 Å². The van der Waals surface area contributed by atoms with Crippen molar-refractivity contribution in [3.05, 3.63) is 23.8 Å². The lowest BCUT2D eigenvalue weighted by molar-refractivity contribution is 0.0691. The van der Waals surface area contributed by atoms with Gasteiger partial charge < -0.3 is 15.6 Å². The van der Waals surface area contributed by atoms with E-state index in [0.29, 0.717) is 18.2 Å². The highest BCUT2D eigenvalue weighted by atomic mass is 16.5. The third-order valence-corrected chi connectivity index (χ3v) is 1.84. The molecule has 0 amide bonds. The van der Waals surface area contributed by atoms with Gasteiger partial charge in [-0.1, -0.05) is 19.9 Å². The summed E-state index contributed by atoms with van der Waals surface area (Å²) in [5, 5.41) is 8.92. The van der Waals surface area contributed by atoms with E-state index in [1.54, 1.807) is 12.1 Å². The van der Waals surface area contributed by atoms with Gasteiger partial charge in [0.1, 0.15) is 5.56 Å². The highest BCUT2D eigenvalue weighted by molar-refractivity contribution is 5.93. The highest BCUT2D eigenvalue weighted by Gasteiger charge is 2.14. The van der Waals surface area contributed by atoms with E-state index >= 15 is 0 Å². The average Bonchev–Trinajstić information content (AvgIpc) is 2.15. The maximum atomic E-state index is 10.9. The molecule has 82 valence electrons. The molecule has 0 bridgehead atoms. The van der Waals surface area contributed by atoms with E-state index in [-0.39, 0.29) is 11.3 Å². The SMILES string of the molecule is CC(C)COc1c(N)cccc1C(=O)O. The molecule has 0 atom stereocenters. The van der Waals surface area contributed by atoms with Gasteiger partial charge >= 0.3 is 5.97 Å². The molecule has 1 aromatic carbocycles. The zero-order valence-electron chi connectivity index (χ0n) is 8.86. The first-order chi connectivity index (χ1) is 7.02. The molecule has 0 saturated carbocycles. The van der Waals surface area contributed by atoms with Crippen LogP contribution in [0.15, 0.2) is 18.2 Å². The Labute approximate surface area is 88.7 Å². The van der Waals surface area contributed by atoms with E-state index < -0.39 is 5.97 Å². The van der Waals surface area contributed by atoms with E-state index in [4.69, 9.17) is 15.6 Å². The predicted octanol–water partition coefficient (Wildman–Crippen LogP) is 2.00. The van der Waals surface area contributed by atoms with Crippen molar-refractivity contribution >= 4 is 11.7 Å².